The summed E-state index contributed by atoms with van der Waals surface area (Å²) >= 11 is 0. The second-order valence-corrected chi connectivity index (χ2v) is 9.45. The fourth-order valence-electron chi connectivity index (χ4n) is 4.88. The number of benzene rings is 3. The third-order valence-electron chi connectivity index (χ3n) is 6.88. The van der Waals surface area contributed by atoms with Crippen LogP contribution in [0, 0.1) is 0 Å². The van der Waals surface area contributed by atoms with E-state index >= 15 is 0 Å². The molecular weight excluding hydrogens is 483 g/mol. The molecule has 37 heavy (non-hydrogen) atoms. The molecule has 2 atom stereocenters. The van der Waals surface area contributed by atoms with Crippen molar-refractivity contribution in [1.82, 2.24) is 15.1 Å². The highest BCUT2D eigenvalue weighted by molar-refractivity contribution is 5.97. The van der Waals surface area contributed by atoms with Crippen molar-refractivity contribution in [1.29, 1.82) is 0 Å². The number of carbonyl (C=O) groups is 2. The minimum Gasteiger partial charge on any atom is -0.390 e. The van der Waals surface area contributed by atoms with E-state index in [1.165, 1.54) is 17.0 Å². The molecule has 3 aromatic rings. The Balaban J connectivity index is 1.22. The zero-order valence-corrected chi connectivity index (χ0v) is 19.9. The van der Waals surface area contributed by atoms with Crippen LogP contribution in [0.1, 0.15) is 26.3 Å². The Kier molecular flexibility index (Phi) is 6.74. The molecule has 2 aliphatic rings. The van der Waals surface area contributed by atoms with Gasteiger partial charge >= 0.3 is 6.18 Å². The molecule has 0 radical (unpaired) electrons. The normalized spacial score (nSPS) is 20.1. The number of β-amino-alcohol motifs (C(OH)–C–C–N with tert-alkyl or cyclic N) is 1. The lowest BCUT2D eigenvalue weighted by Crippen LogP contribution is -2.63. The summed E-state index contributed by atoms with van der Waals surface area (Å²) in [6.07, 6.45) is -5.46. The number of amides is 2. The van der Waals surface area contributed by atoms with E-state index in [1.807, 2.05) is 6.07 Å². The van der Waals surface area contributed by atoms with E-state index < -0.39 is 23.8 Å². The van der Waals surface area contributed by atoms with E-state index in [4.69, 9.17) is 0 Å². The first kappa shape index (κ1) is 25.0. The predicted molar refractivity (Wildman–Crippen MR) is 132 cm³/mol. The van der Waals surface area contributed by atoms with Crippen LogP contribution in [-0.2, 0) is 6.18 Å². The third-order valence-corrected chi connectivity index (χ3v) is 6.88. The number of likely N-dealkylation sites (tertiary alicyclic amines) is 2. The van der Waals surface area contributed by atoms with E-state index in [1.54, 1.807) is 59.5 Å². The van der Waals surface area contributed by atoms with Crippen LogP contribution in [0.2, 0.25) is 0 Å². The molecule has 0 bridgehead atoms. The van der Waals surface area contributed by atoms with Crippen molar-refractivity contribution < 1.29 is 27.9 Å². The molecule has 0 aliphatic carbocycles. The Morgan fingerprint density at radius 2 is 1.41 bits per heavy atom. The zero-order valence-electron chi connectivity index (χ0n) is 19.9. The number of hydrogen-bond donors (Lipinski definition) is 2. The third kappa shape index (κ3) is 5.23. The van der Waals surface area contributed by atoms with Gasteiger partial charge in [-0.05, 0) is 35.4 Å². The van der Waals surface area contributed by atoms with Gasteiger partial charge in [0.25, 0.3) is 11.8 Å². The summed E-state index contributed by atoms with van der Waals surface area (Å²) < 4.78 is 41.6. The summed E-state index contributed by atoms with van der Waals surface area (Å²) in [6.45, 7) is 0.917. The van der Waals surface area contributed by atoms with Gasteiger partial charge in [-0.1, -0.05) is 54.6 Å². The molecule has 3 aromatic carbocycles. The fraction of sp³-hybridized carbons (Fsp3) is 0.286. The molecule has 2 saturated heterocycles. The van der Waals surface area contributed by atoms with Crippen molar-refractivity contribution in [3.63, 3.8) is 0 Å². The minimum absolute atomic E-state index is 0.173. The van der Waals surface area contributed by atoms with E-state index in [2.05, 4.69) is 5.32 Å². The average Bonchev–Trinajstić information content (AvgIpc) is 3.25. The van der Waals surface area contributed by atoms with Gasteiger partial charge in [0.2, 0.25) is 0 Å². The van der Waals surface area contributed by atoms with Crippen molar-refractivity contribution in [2.24, 2.45) is 0 Å². The second kappa shape index (κ2) is 9.99. The quantitative estimate of drug-likeness (QED) is 0.551. The Labute approximate surface area is 212 Å². The van der Waals surface area contributed by atoms with Gasteiger partial charge in [-0.3, -0.25) is 9.59 Å². The first-order chi connectivity index (χ1) is 17.7. The van der Waals surface area contributed by atoms with E-state index in [9.17, 15) is 27.9 Å². The van der Waals surface area contributed by atoms with Crippen LogP contribution in [0.25, 0.3) is 11.1 Å². The number of rotatable bonds is 5. The standard InChI is InChI=1S/C28H26F3N3O3/c29-28(30,31)23-13-20(18-7-3-1-4-8-18)11-12-22(23)27(37)33-14-21(15-33)32-24-16-34(17-25(24)35)26(36)19-9-5-2-6-10-19/h1-13,21,24-25,32,35H,14-17H2. The van der Waals surface area contributed by atoms with E-state index in [0.29, 0.717) is 23.2 Å². The molecule has 192 valence electrons. The summed E-state index contributed by atoms with van der Waals surface area (Å²) in [5.74, 6) is -0.856. The number of hydrogen-bond acceptors (Lipinski definition) is 4. The smallest absolute Gasteiger partial charge is 0.390 e. The van der Waals surface area contributed by atoms with Gasteiger partial charge in [-0.25, -0.2) is 0 Å². The molecule has 0 aromatic heterocycles. The van der Waals surface area contributed by atoms with Gasteiger partial charge in [0, 0.05) is 37.8 Å². The predicted octanol–water partition coefficient (Wildman–Crippen LogP) is 3.67. The number of aliphatic hydroxyl groups excluding tert-OH is 1. The van der Waals surface area contributed by atoms with Crippen molar-refractivity contribution in [2.45, 2.75) is 24.4 Å². The van der Waals surface area contributed by atoms with Crippen molar-refractivity contribution in [2.75, 3.05) is 26.2 Å². The van der Waals surface area contributed by atoms with Gasteiger partial charge < -0.3 is 20.2 Å². The fourth-order valence-corrected chi connectivity index (χ4v) is 4.88. The summed E-state index contributed by atoms with van der Waals surface area (Å²) in [5.41, 5.74) is 0.213. The van der Waals surface area contributed by atoms with Crippen LogP contribution in [0.5, 0.6) is 0 Å². The van der Waals surface area contributed by atoms with Crippen LogP contribution < -0.4 is 5.32 Å². The molecule has 0 saturated carbocycles. The van der Waals surface area contributed by atoms with Crippen LogP contribution in [0.4, 0.5) is 13.2 Å². The number of carbonyl (C=O) groups excluding carboxylic acids is 2. The first-order valence-corrected chi connectivity index (χ1v) is 12.0. The van der Waals surface area contributed by atoms with E-state index in [0.717, 1.165) is 6.07 Å². The summed E-state index contributed by atoms with van der Waals surface area (Å²) in [4.78, 5) is 28.6. The zero-order chi connectivity index (χ0) is 26.2. The number of aliphatic hydroxyl groups is 1. The Hall–Kier alpha value is -3.69. The molecule has 5 rings (SSSR count). The molecule has 9 heteroatoms. The maximum Gasteiger partial charge on any atom is 0.417 e. The van der Waals surface area contributed by atoms with Crippen LogP contribution in [0.15, 0.2) is 78.9 Å². The van der Waals surface area contributed by atoms with Gasteiger partial charge in [0.05, 0.1) is 23.3 Å². The summed E-state index contributed by atoms with van der Waals surface area (Å²) in [5, 5.41) is 13.7. The monoisotopic (exact) mass is 509 g/mol. The van der Waals surface area contributed by atoms with Crippen molar-refractivity contribution in [3.05, 3.63) is 95.6 Å². The maximum atomic E-state index is 13.9. The molecule has 2 amide bonds. The average molecular weight is 510 g/mol. The lowest BCUT2D eigenvalue weighted by Gasteiger charge is -2.41. The van der Waals surface area contributed by atoms with Gasteiger partial charge in [-0.2, -0.15) is 13.2 Å². The minimum atomic E-state index is -4.68. The molecule has 2 aliphatic heterocycles. The van der Waals surface area contributed by atoms with Crippen LogP contribution in [-0.4, -0.2) is 71.1 Å². The van der Waals surface area contributed by atoms with Gasteiger partial charge in [0.15, 0.2) is 0 Å². The molecule has 0 spiro atoms. The second-order valence-electron chi connectivity index (χ2n) is 9.45. The highest BCUT2D eigenvalue weighted by atomic mass is 19.4. The Morgan fingerprint density at radius 1 is 0.784 bits per heavy atom. The molecule has 2 heterocycles. The number of nitrogens with one attached hydrogen (secondary N) is 1. The highest BCUT2D eigenvalue weighted by Crippen LogP contribution is 2.36. The number of alkyl halides is 3. The van der Waals surface area contributed by atoms with Crippen molar-refractivity contribution in [3.8, 4) is 11.1 Å². The van der Waals surface area contributed by atoms with Crippen LogP contribution >= 0.6 is 0 Å². The lowest BCUT2D eigenvalue weighted by atomic mass is 9.96. The highest BCUT2D eigenvalue weighted by Gasteiger charge is 2.41. The number of halogens is 3. The SMILES string of the molecule is O=C(c1ccccc1)N1CC(O)C(NC2CN(C(=O)c3ccc(-c4ccccc4)cc3C(F)(F)F)C2)C1. The van der Waals surface area contributed by atoms with Gasteiger partial charge in [-0.15, -0.1) is 0 Å². The maximum absolute atomic E-state index is 13.9. The molecule has 2 unspecified atom stereocenters. The summed E-state index contributed by atoms with van der Waals surface area (Å²) in [6, 6.07) is 20.7. The van der Waals surface area contributed by atoms with E-state index in [-0.39, 0.29) is 43.2 Å². The molecule has 6 nitrogen and oxygen atoms in total. The summed E-state index contributed by atoms with van der Waals surface area (Å²) in [7, 11) is 0. The van der Waals surface area contributed by atoms with Crippen LogP contribution in [0.3, 0.4) is 0 Å². The number of nitrogens with zero attached hydrogens (tertiary/aromatic N) is 2. The van der Waals surface area contributed by atoms with Crippen molar-refractivity contribution >= 4 is 11.8 Å². The molecular formula is C28H26F3N3O3. The topological polar surface area (TPSA) is 72.9 Å². The first-order valence-electron chi connectivity index (χ1n) is 12.0. The molecule has 2 N–H and O–H groups in total. The van der Waals surface area contributed by atoms with Gasteiger partial charge in [0.1, 0.15) is 0 Å². The lowest BCUT2D eigenvalue weighted by molar-refractivity contribution is -0.138. The largest absolute Gasteiger partial charge is 0.417 e. The molecule has 2 fully saturated rings. The Bertz CT molecular complexity index is 1280. The Morgan fingerprint density at radius 3 is 2.05 bits per heavy atom.